The number of rotatable bonds is 6. The highest BCUT2D eigenvalue weighted by atomic mass is 35.5. The zero-order valence-corrected chi connectivity index (χ0v) is 21.0. The van der Waals surface area contributed by atoms with Gasteiger partial charge in [-0.05, 0) is 65.9 Å². The van der Waals surface area contributed by atoms with E-state index < -0.39 is 5.97 Å². The summed E-state index contributed by atoms with van der Waals surface area (Å²) in [4.78, 5) is 11.7. The molecule has 0 unspecified atom stereocenters. The summed E-state index contributed by atoms with van der Waals surface area (Å²) >= 11 is 0. The first kappa shape index (κ1) is 25.7. The molecule has 0 saturated carbocycles. The normalized spacial score (nSPS) is 17.5. The number of halogens is 2. The van der Waals surface area contributed by atoms with Crippen LogP contribution in [0.5, 0.6) is 5.75 Å². The van der Waals surface area contributed by atoms with Crippen molar-refractivity contribution >= 4 is 29.1 Å². The van der Waals surface area contributed by atoms with Gasteiger partial charge in [0.25, 0.3) is 0 Å². The lowest BCUT2D eigenvalue weighted by molar-refractivity contribution is 0.0696. The van der Waals surface area contributed by atoms with Crippen molar-refractivity contribution in [3.05, 3.63) is 112 Å². The molecule has 0 amide bonds. The zero-order valence-electron chi connectivity index (χ0n) is 20.2. The van der Waals surface area contributed by atoms with Gasteiger partial charge in [0.05, 0.1) is 5.56 Å². The Balaban J connectivity index is 0.00000304. The lowest BCUT2D eigenvalue weighted by Gasteiger charge is -2.34. The lowest BCUT2D eigenvalue weighted by Crippen LogP contribution is -2.37. The van der Waals surface area contributed by atoms with Crippen LogP contribution in [0.2, 0.25) is 0 Å². The van der Waals surface area contributed by atoms with Crippen LogP contribution >= 0.6 is 12.4 Å². The minimum Gasteiger partial charge on any atom is -0.489 e. The van der Waals surface area contributed by atoms with Gasteiger partial charge < -0.3 is 15.2 Å². The number of nitrogens with one attached hydrogen (secondary N) is 1. The van der Waals surface area contributed by atoms with Gasteiger partial charge in [0, 0.05) is 24.1 Å². The van der Waals surface area contributed by atoms with Crippen LogP contribution in [-0.2, 0) is 0 Å². The van der Waals surface area contributed by atoms with Gasteiger partial charge in [-0.3, -0.25) is 0 Å². The van der Waals surface area contributed by atoms with Gasteiger partial charge in [-0.15, -0.1) is 12.4 Å². The maximum Gasteiger partial charge on any atom is 0.335 e. The van der Waals surface area contributed by atoms with E-state index in [1.54, 1.807) is 6.92 Å². The molecule has 4 nitrogen and oxygen atoms in total. The van der Waals surface area contributed by atoms with E-state index in [1.165, 1.54) is 28.5 Å². The predicted octanol–water partition coefficient (Wildman–Crippen LogP) is 7.04. The SMILES string of the molecule is Cc1c(C(=O)O)ccc(F)c1[C@@H]1C[C@H](CN[C@H](C)c2cccc3ccccc23)Oc2ccccc21.Cl. The third-order valence-corrected chi connectivity index (χ3v) is 7.07. The van der Waals surface area contributed by atoms with E-state index in [0.717, 1.165) is 5.56 Å². The van der Waals surface area contributed by atoms with Crippen LogP contribution in [0.1, 0.15) is 57.9 Å². The van der Waals surface area contributed by atoms with Gasteiger partial charge in [-0.1, -0.05) is 60.7 Å². The Morgan fingerprint density at radius 2 is 1.78 bits per heavy atom. The van der Waals surface area contributed by atoms with Crippen molar-refractivity contribution in [2.45, 2.75) is 38.3 Å². The van der Waals surface area contributed by atoms with Gasteiger partial charge in [0.1, 0.15) is 17.7 Å². The van der Waals surface area contributed by atoms with Crippen LogP contribution in [0.4, 0.5) is 4.39 Å². The van der Waals surface area contributed by atoms with Crippen LogP contribution in [0.25, 0.3) is 10.8 Å². The molecule has 1 aliphatic rings. The fraction of sp³-hybridized carbons (Fsp3) is 0.233. The average molecular weight is 506 g/mol. The van der Waals surface area contributed by atoms with Crippen LogP contribution in [-0.4, -0.2) is 23.7 Å². The molecule has 0 fully saturated rings. The Kier molecular flexibility index (Phi) is 7.62. The Morgan fingerprint density at radius 3 is 2.58 bits per heavy atom. The van der Waals surface area contributed by atoms with E-state index in [9.17, 15) is 9.90 Å². The van der Waals surface area contributed by atoms with Crippen molar-refractivity contribution in [3.8, 4) is 5.75 Å². The third kappa shape index (κ3) is 4.81. The second-order valence-electron chi connectivity index (χ2n) is 9.20. The molecular weight excluding hydrogens is 477 g/mol. The molecule has 0 spiro atoms. The standard InChI is InChI=1S/C30H28FNO3.ClH/c1-18-22(30(33)34)14-15-27(31)29(18)26-16-21(35-28-13-6-5-11-25(26)28)17-32-19(2)23-12-7-9-20-8-3-4-10-24(20)23;/h3-15,19,21,26,32H,16-17H2,1-2H3,(H,33,34);1H/t19-,21-,26-;/m1./s1. The second-order valence-corrected chi connectivity index (χ2v) is 9.20. The molecule has 0 aliphatic carbocycles. The van der Waals surface area contributed by atoms with E-state index in [2.05, 4.69) is 42.6 Å². The first-order valence-corrected chi connectivity index (χ1v) is 11.9. The second kappa shape index (κ2) is 10.7. The number of hydrogen-bond donors (Lipinski definition) is 2. The van der Waals surface area contributed by atoms with Crippen molar-refractivity contribution in [3.63, 3.8) is 0 Å². The fourth-order valence-electron chi connectivity index (χ4n) is 5.29. The number of carboxylic acids is 1. The highest BCUT2D eigenvalue weighted by Crippen LogP contribution is 2.43. The molecule has 2 N–H and O–H groups in total. The molecule has 0 radical (unpaired) electrons. The predicted molar refractivity (Wildman–Crippen MR) is 143 cm³/mol. The molecule has 0 saturated heterocycles. The third-order valence-electron chi connectivity index (χ3n) is 7.07. The van der Waals surface area contributed by atoms with Crippen molar-refractivity contribution < 1.29 is 19.0 Å². The summed E-state index contributed by atoms with van der Waals surface area (Å²) in [5, 5.41) is 15.6. The fourth-order valence-corrected chi connectivity index (χ4v) is 5.29. The van der Waals surface area contributed by atoms with Gasteiger partial charge >= 0.3 is 5.97 Å². The Labute approximate surface area is 216 Å². The molecule has 4 aromatic carbocycles. The van der Waals surface area contributed by atoms with Crippen molar-refractivity contribution in [1.29, 1.82) is 0 Å². The van der Waals surface area contributed by atoms with E-state index in [-0.39, 0.29) is 41.9 Å². The minimum atomic E-state index is -1.05. The van der Waals surface area contributed by atoms with Crippen molar-refractivity contribution in [1.82, 2.24) is 5.32 Å². The van der Waals surface area contributed by atoms with Gasteiger partial charge in [-0.2, -0.15) is 0 Å². The molecule has 0 aromatic heterocycles. The minimum absolute atomic E-state index is 0. The highest BCUT2D eigenvalue weighted by Gasteiger charge is 2.33. The van der Waals surface area contributed by atoms with E-state index in [1.807, 2.05) is 36.4 Å². The van der Waals surface area contributed by atoms with E-state index >= 15 is 4.39 Å². The number of aromatic carboxylic acids is 1. The van der Waals surface area contributed by atoms with Crippen LogP contribution in [0.15, 0.2) is 78.9 Å². The summed E-state index contributed by atoms with van der Waals surface area (Å²) in [5.41, 5.74) is 3.13. The Bertz CT molecular complexity index is 1400. The summed E-state index contributed by atoms with van der Waals surface area (Å²) in [5.74, 6) is -1.01. The van der Waals surface area contributed by atoms with Crippen molar-refractivity contribution in [2.75, 3.05) is 6.54 Å². The first-order chi connectivity index (χ1) is 16.9. The zero-order chi connectivity index (χ0) is 24.5. The van der Waals surface area contributed by atoms with Gasteiger partial charge in [0.2, 0.25) is 0 Å². The number of fused-ring (bicyclic) bond motifs is 2. The number of benzene rings is 4. The summed E-state index contributed by atoms with van der Waals surface area (Å²) < 4.78 is 21.4. The number of hydrogen-bond acceptors (Lipinski definition) is 3. The number of carboxylic acid groups (broad SMARTS) is 1. The van der Waals surface area contributed by atoms with Gasteiger partial charge in [0.15, 0.2) is 0 Å². The van der Waals surface area contributed by atoms with E-state index in [0.29, 0.717) is 29.8 Å². The first-order valence-electron chi connectivity index (χ1n) is 11.9. The maximum absolute atomic E-state index is 15.1. The Hall–Kier alpha value is -3.41. The summed E-state index contributed by atoms with van der Waals surface area (Å²) in [6.45, 7) is 4.40. The monoisotopic (exact) mass is 505 g/mol. The van der Waals surface area contributed by atoms with Crippen LogP contribution < -0.4 is 10.1 Å². The summed E-state index contributed by atoms with van der Waals surface area (Å²) in [6.07, 6.45) is 0.354. The highest BCUT2D eigenvalue weighted by molar-refractivity contribution is 5.90. The lowest BCUT2D eigenvalue weighted by atomic mass is 9.81. The van der Waals surface area contributed by atoms with Gasteiger partial charge in [-0.25, -0.2) is 9.18 Å². The Morgan fingerprint density at radius 1 is 1.06 bits per heavy atom. The van der Waals surface area contributed by atoms with Crippen molar-refractivity contribution in [2.24, 2.45) is 0 Å². The molecule has 1 heterocycles. The smallest absolute Gasteiger partial charge is 0.335 e. The topological polar surface area (TPSA) is 58.6 Å². The number of para-hydroxylation sites is 1. The molecule has 3 atom stereocenters. The average Bonchev–Trinajstić information content (AvgIpc) is 2.86. The molecule has 0 bridgehead atoms. The molecule has 4 aromatic rings. The number of carbonyl (C=O) groups is 1. The molecule has 1 aliphatic heterocycles. The maximum atomic E-state index is 15.1. The van der Waals surface area contributed by atoms with Crippen LogP contribution in [0, 0.1) is 12.7 Å². The molecule has 186 valence electrons. The molecule has 36 heavy (non-hydrogen) atoms. The molecular formula is C30H29ClFNO3. The molecule has 5 rings (SSSR count). The quantitative estimate of drug-likeness (QED) is 0.295. The summed E-state index contributed by atoms with van der Waals surface area (Å²) in [6, 6.07) is 25.0. The largest absolute Gasteiger partial charge is 0.489 e. The molecule has 6 heteroatoms. The number of ether oxygens (including phenoxy) is 1. The van der Waals surface area contributed by atoms with Crippen LogP contribution in [0.3, 0.4) is 0 Å². The van der Waals surface area contributed by atoms with E-state index in [4.69, 9.17) is 4.74 Å². The summed E-state index contributed by atoms with van der Waals surface area (Å²) in [7, 11) is 0.